The molecule has 1 aromatic heterocycles. The maximum Gasteiger partial charge on any atom is 0.223 e. The van der Waals surface area contributed by atoms with Crippen LogP contribution >= 0.6 is 0 Å². The fraction of sp³-hybridized carbons (Fsp3) is 0.692. The second-order valence-electron chi connectivity index (χ2n) is 5.25. The van der Waals surface area contributed by atoms with Gasteiger partial charge in [-0.25, -0.2) is 13.1 Å². The van der Waals surface area contributed by atoms with E-state index in [4.69, 9.17) is 0 Å². The number of carbonyl (C=O) groups is 1. The summed E-state index contributed by atoms with van der Waals surface area (Å²) in [5.74, 6) is -0.0632. The zero-order chi connectivity index (χ0) is 16.0. The van der Waals surface area contributed by atoms with E-state index in [1.165, 1.54) is 5.56 Å². The number of nitrogens with one attached hydrogen (secondary N) is 2. The van der Waals surface area contributed by atoms with Gasteiger partial charge in [0, 0.05) is 32.3 Å². The van der Waals surface area contributed by atoms with Crippen molar-refractivity contribution in [3.63, 3.8) is 0 Å². The highest BCUT2D eigenvalue weighted by Gasteiger charge is 2.11. The third-order valence-electron chi connectivity index (χ3n) is 3.33. The van der Waals surface area contributed by atoms with Gasteiger partial charge in [-0.3, -0.25) is 9.89 Å². The van der Waals surface area contributed by atoms with E-state index in [0.717, 1.165) is 30.5 Å². The number of aromatic amines is 1. The van der Waals surface area contributed by atoms with Crippen molar-refractivity contribution in [3.8, 4) is 0 Å². The quantitative estimate of drug-likeness (QED) is 0.724. The van der Waals surface area contributed by atoms with Crippen LogP contribution in [-0.2, 0) is 21.2 Å². The Morgan fingerprint density at radius 3 is 2.57 bits per heavy atom. The van der Waals surface area contributed by atoms with Gasteiger partial charge in [0.2, 0.25) is 15.9 Å². The van der Waals surface area contributed by atoms with Crippen LogP contribution in [0.2, 0.25) is 0 Å². The van der Waals surface area contributed by atoms with E-state index in [2.05, 4.69) is 14.9 Å². The van der Waals surface area contributed by atoms with E-state index in [0.29, 0.717) is 6.54 Å². The van der Waals surface area contributed by atoms with Crippen LogP contribution in [0.15, 0.2) is 0 Å². The molecule has 8 heteroatoms. The lowest BCUT2D eigenvalue weighted by atomic mass is 10.1. The number of nitrogens with zero attached hydrogens (tertiary/aromatic N) is 2. The molecule has 1 amide bonds. The highest BCUT2D eigenvalue weighted by molar-refractivity contribution is 7.88. The number of amides is 1. The Kier molecular flexibility index (Phi) is 6.35. The average molecular weight is 316 g/mol. The van der Waals surface area contributed by atoms with E-state index in [-0.39, 0.29) is 18.9 Å². The van der Waals surface area contributed by atoms with E-state index in [1.807, 2.05) is 13.8 Å². The summed E-state index contributed by atoms with van der Waals surface area (Å²) in [6, 6.07) is 0. The van der Waals surface area contributed by atoms with Gasteiger partial charge in [0.25, 0.3) is 0 Å². The van der Waals surface area contributed by atoms with Crippen LogP contribution in [0.4, 0.5) is 0 Å². The maximum absolute atomic E-state index is 11.8. The van der Waals surface area contributed by atoms with Gasteiger partial charge >= 0.3 is 0 Å². The highest BCUT2D eigenvalue weighted by Crippen LogP contribution is 2.11. The van der Waals surface area contributed by atoms with Crippen molar-refractivity contribution < 1.29 is 13.2 Å². The summed E-state index contributed by atoms with van der Waals surface area (Å²) in [6.45, 7) is 4.73. The van der Waals surface area contributed by atoms with Gasteiger partial charge in [-0.1, -0.05) is 0 Å². The molecule has 0 bridgehead atoms. The molecule has 2 N–H and O–H groups in total. The number of H-pyrrole nitrogens is 1. The third-order valence-corrected chi connectivity index (χ3v) is 4.06. The third kappa shape index (κ3) is 6.26. The Labute approximate surface area is 126 Å². The maximum atomic E-state index is 11.8. The lowest BCUT2D eigenvalue weighted by molar-refractivity contribution is -0.129. The van der Waals surface area contributed by atoms with Crippen LogP contribution in [0.25, 0.3) is 0 Å². The van der Waals surface area contributed by atoms with Crippen LogP contribution in [0.3, 0.4) is 0 Å². The molecule has 0 radical (unpaired) electrons. The summed E-state index contributed by atoms with van der Waals surface area (Å²) in [7, 11) is -1.50. The van der Waals surface area contributed by atoms with Gasteiger partial charge in [0.05, 0.1) is 11.9 Å². The van der Waals surface area contributed by atoms with Crippen LogP contribution in [0, 0.1) is 13.8 Å². The molecule has 0 aliphatic heterocycles. The highest BCUT2D eigenvalue weighted by atomic mass is 32.2. The normalized spacial score (nSPS) is 11.6. The Morgan fingerprint density at radius 2 is 2.05 bits per heavy atom. The summed E-state index contributed by atoms with van der Waals surface area (Å²) >= 11 is 0. The molecule has 1 aromatic rings. The fourth-order valence-electron chi connectivity index (χ4n) is 2.09. The molecule has 0 saturated heterocycles. The van der Waals surface area contributed by atoms with Crippen molar-refractivity contribution in [1.82, 2.24) is 19.8 Å². The second-order valence-corrected chi connectivity index (χ2v) is 7.08. The smallest absolute Gasteiger partial charge is 0.223 e. The fourth-order valence-corrected chi connectivity index (χ4v) is 2.57. The second kappa shape index (κ2) is 7.56. The average Bonchev–Trinajstić information content (AvgIpc) is 2.68. The molecule has 0 aliphatic carbocycles. The van der Waals surface area contributed by atoms with Crippen LogP contribution in [-0.4, -0.2) is 55.8 Å². The predicted octanol–water partition coefficient (Wildman–Crippen LogP) is 0.357. The van der Waals surface area contributed by atoms with Crippen molar-refractivity contribution in [1.29, 1.82) is 0 Å². The van der Waals surface area contributed by atoms with Gasteiger partial charge < -0.3 is 4.90 Å². The summed E-state index contributed by atoms with van der Waals surface area (Å²) in [5.41, 5.74) is 3.27. The first-order valence-electron chi connectivity index (χ1n) is 6.89. The largest absolute Gasteiger partial charge is 0.346 e. The monoisotopic (exact) mass is 316 g/mol. The minimum absolute atomic E-state index is 0.0632. The number of carbonyl (C=O) groups excluding carboxylic acids is 1. The van der Waals surface area contributed by atoms with E-state index < -0.39 is 10.0 Å². The Bertz CT molecular complexity index is 561. The summed E-state index contributed by atoms with van der Waals surface area (Å²) in [6.07, 6.45) is 2.97. The lowest BCUT2D eigenvalue weighted by Crippen LogP contribution is -2.32. The lowest BCUT2D eigenvalue weighted by Gasteiger charge is -2.17. The molecule has 7 nitrogen and oxygen atoms in total. The standard InChI is InChI=1S/C13H24N4O3S/c1-10-12(11(2)16-15-10)6-5-9-17(3)13(18)7-8-14-21(4,19)20/h14H,5-9H2,1-4H3,(H,15,16). The Balaban J connectivity index is 2.30. The molecule has 0 unspecified atom stereocenters. The van der Waals surface area contributed by atoms with Gasteiger partial charge in [-0.15, -0.1) is 0 Å². The van der Waals surface area contributed by atoms with E-state index >= 15 is 0 Å². The number of sulfonamides is 1. The number of aryl methyl sites for hydroxylation is 2. The Morgan fingerprint density at radius 1 is 1.38 bits per heavy atom. The number of rotatable bonds is 8. The van der Waals surface area contributed by atoms with Crippen molar-refractivity contribution >= 4 is 15.9 Å². The number of hydrogen-bond acceptors (Lipinski definition) is 4. The first-order valence-corrected chi connectivity index (χ1v) is 8.79. The molecule has 1 rings (SSSR count). The summed E-state index contributed by atoms with van der Waals surface area (Å²) in [5, 5.41) is 7.09. The molecule has 120 valence electrons. The number of aromatic nitrogens is 2. The summed E-state index contributed by atoms with van der Waals surface area (Å²) < 4.78 is 24.1. The van der Waals surface area contributed by atoms with Crippen molar-refractivity contribution in [2.45, 2.75) is 33.1 Å². The molecule has 0 saturated carbocycles. The first-order chi connectivity index (χ1) is 9.70. The minimum Gasteiger partial charge on any atom is -0.346 e. The van der Waals surface area contributed by atoms with Crippen LogP contribution in [0.1, 0.15) is 29.8 Å². The van der Waals surface area contributed by atoms with Gasteiger partial charge in [0.15, 0.2) is 0 Å². The van der Waals surface area contributed by atoms with Gasteiger partial charge in [0.1, 0.15) is 0 Å². The van der Waals surface area contributed by atoms with Crippen molar-refractivity contribution in [2.75, 3.05) is 26.4 Å². The molecule has 1 heterocycles. The SMILES string of the molecule is Cc1n[nH]c(C)c1CCCN(C)C(=O)CCNS(C)(=O)=O. The molecule has 0 aromatic carbocycles. The summed E-state index contributed by atoms with van der Waals surface area (Å²) in [4.78, 5) is 13.5. The Hall–Kier alpha value is -1.41. The van der Waals surface area contributed by atoms with Crippen molar-refractivity contribution in [3.05, 3.63) is 17.0 Å². The first kappa shape index (κ1) is 17.6. The van der Waals surface area contributed by atoms with E-state index in [1.54, 1.807) is 11.9 Å². The van der Waals surface area contributed by atoms with Gasteiger partial charge in [-0.2, -0.15) is 5.10 Å². The molecule has 0 atom stereocenters. The van der Waals surface area contributed by atoms with Crippen molar-refractivity contribution in [2.24, 2.45) is 0 Å². The predicted molar refractivity (Wildman–Crippen MR) is 81.5 cm³/mol. The molecule has 0 spiro atoms. The van der Waals surface area contributed by atoms with E-state index in [9.17, 15) is 13.2 Å². The molecule has 0 aliphatic rings. The minimum atomic E-state index is -3.23. The molecule has 0 fully saturated rings. The number of hydrogen-bond donors (Lipinski definition) is 2. The topological polar surface area (TPSA) is 95.2 Å². The zero-order valence-corrected chi connectivity index (χ0v) is 13.9. The van der Waals surface area contributed by atoms with Crippen LogP contribution < -0.4 is 4.72 Å². The van der Waals surface area contributed by atoms with Gasteiger partial charge in [-0.05, 0) is 32.3 Å². The zero-order valence-electron chi connectivity index (χ0n) is 13.1. The molecular formula is C13H24N4O3S. The van der Waals surface area contributed by atoms with Crippen LogP contribution in [0.5, 0.6) is 0 Å². The molecular weight excluding hydrogens is 292 g/mol. The molecule has 21 heavy (non-hydrogen) atoms.